The molecule has 2 aromatic heterocycles. The van der Waals surface area contributed by atoms with E-state index in [9.17, 15) is 31.2 Å². The Hall–Kier alpha value is -3.93. The molecule has 2 aromatic carbocycles. The second-order valence-electron chi connectivity index (χ2n) is 7.53. The molecule has 0 unspecified atom stereocenters. The number of nitrogens with one attached hydrogen (secondary N) is 2. The molecule has 0 atom stereocenters. The molecule has 1 amide bonds. The summed E-state index contributed by atoms with van der Waals surface area (Å²) < 4.78 is 65.3. The van der Waals surface area contributed by atoms with Crippen LogP contribution in [0.2, 0.25) is 0 Å². The highest BCUT2D eigenvalue weighted by Gasteiger charge is 2.39. The van der Waals surface area contributed by atoms with Crippen LogP contribution in [0.4, 0.5) is 18.9 Å². The predicted octanol–water partition coefficient (Wildman–Crippen LogP) is 3.67. The Bertz CT molecular complexity index is 1590. The first kappa shape index (κ1) is 23.2. The molecule has 0 aliphatic carbocycles. The maximum atomic E-state index is 13.8. The summed E-state index contributed by atoms with van der Waals surface area (Å²) >= 11 is 0. The van der Waals surface area contributed by atoms with Crippen LogP contribution in [0.15, 0.2) is 64.3 Å². The first-order valence-corrected chi connectivity index (χ1v) is 11.7. The molecule has 0 bridgehead atoms. The van der Waals surface area contributed by atoms with E-state index in [0.29, 0.717) is 4.52 Å². The summed E-state index contributed by atoms with van der Waals surface area (Å²) in [5.74, 6) is -0.934. The molecule has 8 nitrogen and oxygen atoms in total. The summed E-state index contributed by atoms with van der Waals surface area (Å²) in [5.41, 5.74) is -3.03. The largest absolute Gasteiger partial charge is 0.435 e. The number of sulfone groups is 1. The Kier molecular flexibility index (Phi) is 5.56. The molecule has 12 heteroatoms. The van der Waals surface area contributed by atoms with Crippen LogP contribution in [-0.2, 0) is 16.0 Å². The van der Waals surface area contributed by atoms with Crippen LogP contribution in [-0.4, -0.2) is 35.2 Å². The van der Waals surface area contributed by atoms with E-state index in [1.807, 2.05) is 0 Å². The molecule has 4 rings (SSSR count). The minimum Gasteiger partial charge on any atom is -0.342 e. The number of aryl methyl sites for hydroxylation is 1. The van der Waals surface area contributed by atoms with Gasteiger partial charge in [0.1, 0.15) is 11.2 Å². The van der Waals surface area contributed by atoms with Gasteiger partial charge in [0.15, 0.2) is 15.5 Å². The molecule has 0 aliphatic rings. The summed E-state index contributed by atoms with van der Waals surface area (Å²) in [7, 11) is -3.55. The van der Waals surface area contributed by atoms with Gasteiger partial charge in [-0.05, 0) is 30.7 Å². The van der Waals surface area contributed by atoms with Crippen LogP contribution in [0.25, 0.3) is 16.8 Å². The summed E-state index contributed by atoms with van der Waals surface area (Å²) in [6.45, 7) is 1.37. The monoisotopic (exact) mass is 490 g/mol. The smallest absolute Gasteiger partial charge is 0.342 e. The van der Waals surface area contributed by atoms with Crippen molar-refractivity contribution in [1.29, 1.82) is 0 Å². The van der Waals surface area contributed by atoms with Crippen LogP contribution >= 0.6 is 0 Å². The number of anilines is 1. The van der Waals surface area contributed by atoms with Gasteiger partial charge in [-0.25, -0.2) is 8.42 Å². The highest BCUT2D eigenvalue weighted by atomic mass is 32.2. The topological polar surface area (TPSA) is 113 Å². The molecule has 2 heterocycles. The van der Waals surface area contributed by atoms with Gasteiger partial charge in [-0.2, -0.15) is 22.8 Å². The Morgan fingerprint density at radius 3 is 2.38 bits per heavy atom. The zero-order valence-corrected chi connectivity index (χ0v) is 18.6. The fraction of sp³-hybridized carbons (Fsp3) is 0.136. The van der Waals surface area contributed by atoms with Gasteiger partial charge >= 0.3 is 6.18 Å². The van der Waals surface area contributed by atoms with E-state index in [1.165, 1.54) is 43.3 Å². The normalized spacial score (nSPS) is 12.1. The minimum atomic E-state index is -4.86. The predicted molar refractivity (Wildman–Crippen MR) is 118 cm³/mol. The molecule has 0 spiro atoms. The number of hydrogen-bond acceptors (Lipinski definition) is 5. The van der Waals surface area contributed by atoms with Gasteiger partial charge < -0.3 is 10.3 Å². The maximum absolute atomic E-state index is 13.8. The van der Waals surface area contributed by atoms with Gasteiger partial charge in [0.25, 0.3) is 11.5 Å². The lowest BCUT2D eigenvalue weighted by atomic mass is 10.1. The van der Waals surface area contributed by atoms with Gasteiger partial charge in [-0.1, -0.05) is 36.4 Å². The molecule has 34 heavy (non-hydrogen) atoms. The SMILES string of the molecule is Cc1[nH]c2c(-c3ccccc3)c(C(F)(F)F)nn2c(=O)c1C(=O)Nc1cccc(S(C)(=O)=O)c1. The lowest BCUT2D eigenvalue weighted by molar-refractivity contribution is -0.140. The number of carbonyl (C=O) groups is 1. The van der Waals surface area contributed by atoms with Crippen LogP contribution in [0.3, 0.4) is 0 Å². The average molecular weight is 490 g/mol. The van der Waals surface area contributed by atoms with Crippen molar-refractivity contribution in [3.05, 3.63) is 81.9 Å². The molecular formula is C22H17F3N4O4S. The molecular weight excluding hydrogens is 473 g/mol. The Balaban J connectivity index is 1.87. The third kappa shape index (κ3) is 4.19. The van der Waals surface area contributed by atoms with Crippen molar-refractivity contribution in [2.24, 2.45) is 0 Å². The number of fused-ring (bicyclic) bond motifs is 1. The van der Waals surface area contributed by atoms with Gasteiger partial charge in [0, 0.05) is 17.6 Å². The van der Waals surface area contributed by atoms with Crippen LogP contribution in [0.5, 0.6) is 0 Å². The van der Waals surface area contributed by atoms with E-state index in [4.69, 9.17) is 0 Å². The third-order valence-corrected chi connectivity index (χ3v) is 6.16. The number of aromatic amines is 1. The summed E-state index contributed by atoms with van der Waals surface area (Å²) in [4.78, 5) is 28.6. The second-order valence-corrected chi connectivity index (χ2v) is 9.55. The van der Waals surface area contributed by atoms with Gasteiger partial charge in [0.2, 0.25) is 0 Å². The fourth-order valence-electron chi connectivity index (χ4n) is 3.53. The van der Waals surface area contributed by atoms with E-state index in [2.05, 4.69) is 15.4 Å². The number of amides is 1. The van der Waals surface area contributed by atoms with Crippen molar-refractivity contribution in [1.82, 2.24) is 14.6 Å². The standard InChI is InChI=1S/C22H17F3N4O4S/c1-12-16(20(30)27-14-9-6-10-15(11-14)34(2,32)33)21(31)29-19(26-12)17(13-7-4-3-5-8-13)18(28-29)22(23,24)25/h3-11,26H,1-2H3,(H,27,30). The van der Waals surface area contributed by atoms with Crippen molar-refractivity contribution < 1.29 is 26.4 Å². The molecule has 0 aliphatic heterocycles. The van der Waals surface area contributed by atoms with Crippen molar-refractivity contribution in [2.45, 2.75) is 18.0 Å². The van der Waals surface area contributed by atoms with E-state index < -0.39 is 38.7 Å². The maximum Gasteiger partial charge on any atom is 0.435 e. The summed E-state index contributed by atoms with van der Waals surface area (Å²) in [5, 5.41) is 5.90. The molecule has 0 saturated heterocycles. The molecule has 0 radical (unpaired) electrons. The van der Waals surface area contributed by atoms with Crippen LogP contribution in [0.1, 0.15) is 21.7 Å². The number of H-pyrrole nitrogens is 1. The van der Waals surface area contributed by atoms with Gasteiger partial charge in [-0.3, -0.25) is 9.59 Å². The lowest BCUT2D eigenvalue weighted by Gasteiger charge is -2.10. The summed E-state index contributed by atoms with van der Waals surface area (Å²) in [6, 6.07) is 13.0. The van der Waals surface area contributed by atoms with Crippen LogP contribution < -0.4 is 10.9 Å². The third-order valence-electron chi connectivity index (χ3n) is 5.05. The second kappa shape index (κ2) is 8.13. The number of rotatable bonds is 4. The Morgan fingerprint density at radius 2 is 1.76 bits per heavy atom. The van der Waals surface area contributed by atoms with E-state index >= 15 is 0 Å². The van der Waals surface area contributed by atoms with Gasteiger partial charge in [0.05, 0.1) is 10.5 Å². The van der Waals surface area contributed by atoms with Crippen molar-refractivity contribution in [3.8, 4) is 11.1 Å². The quantitative estimate of drug-likeness (QED) is 0.453. The van der Waals surface area contributed by atoms with Crippen LogP contribution in [0, 0.1) is 6.92 Å². The number of benzene rings is 2. The number of halogens is 3. The van der Waals surface area contributed by atoms with Crippen molar-refractivity contribution in [2.75, 3.05) is 11.6 Å². The Morgan fingerprint density at radius 1 is 1.09 bits per heavy atom. The zero-order valence-electron chi connectivity index (χ0n) is 17.8. The van der Waals surface area contributed by atoms with E-state index in [0.717, 1.165) is 6.26 Å². The van der Waals surface area contributed by atoms with E-state index in [-0.39, 0.29) is 33.1 Å². The first-order valence-electron chi connectivity index (χ1n) is 9.77. The number of carbonyl (C=O) groups excluding carboxylic acids is 1. The average Bonchev–Trinajstić information content (AvgIpc) is 3.14. The van der Waals surface area contributed by atoms with Crippen molar-refractivity contribution >= 4 is 27.1 Å². The molecule has 0 fully saturated rings. The number of aromatic nitrogens is 3. The first-order chi connectivity index (χ1) is 15.9. The van der Waals surface area contributed by atoms with E-state index in [1.54, 1.807) is 18.2 Å². The summed E-state index contributed by atoms with van der Waals surface area (Å²) in [6.07, 6.45) is -3.86. The zero-order chi connectivity index (χ0) is 24.8. The minimum absolute atomic E-state index is 0.0140. The Labute approximate surface area is 191 Å². The molecule has 4 aromatic rings. The fourth-order valence-corrected chi connectivity index (χ4v) is 4.20. The highest BCUT2D eigenvalue weighted by molar-refractivity contribution is 7.90. The molecule has 2 N–H and O–H groups in total. The highest BCUT2D eigenvalue weighted by Crippen LogP contribution is 2.38. The number of hydrogen-bond donors (Lipinski definition) is 2. The van der Waals surface area contributed by atoms with Crippen molar-refractivity contribution in [3.63, 3.8) is 0 Å². The number of alkyl halides is 3. The lowest BCUT2D eigenvalue weighted by Crippen LogP contribution is -2.29. The van der Waals surface area contributed by atoms with Gasteiger partial charge in [-0.15, -0.1) is 0 Å². The number of nitrogens with zero attached hydrogens (tertiary/aromatic N) is 2. The molecule has 176 valence electrons. The molecule has 0 saturated carbocycles.